The molecule has 1 aromatic rings. The van der Waals surface area contributed by atoms with Gasteiger partial charge in [-0.15, -0.1) is 6.58 Å². The highest BCUT2D eigenvalue weighted by Gasteiger charge is 2.05. The van der Waals surface area contributed by atoms with Crippen molar-refractivity contribution in [3.05, 3.63) is 42.5 Å². The number of carbonyl (C=O) groups excluding carboxylic acids is 1. The first-order chi connectivity index (χ1) is 7.13. The molecule has 3 heteroatoms. The molecule has 0 bridgehead atoms. The lowest BCUT2D eigenvalue weighted by Crippen LogP contribution is -2.09. The SMILES string of the molecule is C=CC[C@@H](N)c1cccc(OC(C)=O)c1. The number of benzene rings is 1. The van der Waals surface area contributed by atoms with E-state index in [1.807, 2.05) is 12.1 Å². The van der Waals surface area contributed by atoms with Crippen LogP contribution in [0.4, 0.5) is 0 Å². The number of rotatable bonds is 4. The van der Waals surface area contributed by atoms with Gasteiger partial charge >= 0.3 is 5.97 Å². The van der Waals surface area contributed by atoms with Crippen molar-refractivity contribution in [2.45, 2.75) is 19.4 Å². The van der Waals surface area contributed by atoms with Gasteiger partial charge in [0, 0.05) is 13.0 Å². The van der Waals surface area contributed by atoms with E-state index in [0.717, 1.165) is 5.56 Å². The molecule has 1 atom stereocenters. The van der Waals surface area contributed by atoms with Crippen LogP contribution in [-0.4, -0.2) is 5.97 Å². The fourth-order valence-corrected chi connectivity index (χ4v) is 1.29. The van der Waals surface area contributed by atoms with Gasteiger partial charge in [-0.25, -0.2) is 0 Å². The highest BCUT2D eigenvalue weighted by atomic mass is 16.5. The van der Waals surface area contributed by atoms with Gasteiger partial charge in [-0.2, -0.15) is 0 Å². The first kappa shape index (κ1) is 11.5. The second kappa shape index (κ2) is 5.32. The lowest BCUT2D eigenvalue weighted by molar-refractivity contribution is -0.131. The second-order valence-corrected chi connectivity index (χ2v) is 3.30. The Morgan fingerprint density at radius 1 is 1.67 bits per heavy atom. The van der Waals surface area contributed by atoms with Gasteiger partial charge in [0.25, 0.3) is 0 Å². The third-order valence-corrected chi connectivity index (χ3v) is 1.97. The van der Waals surface area contributed by atoms with E-state index < -0.39 is 0 Å². The predicted octanol–water partition coefficient (Wildman–Crippen LogP) is 2.19. The van der Waals surface area contributed by atoms with E-state index in [1.54, 1.807) is 18.2 Å². The summed E-state index contributed by atoms with van der Waals surface area (Å²) < 4.78 is 4.96. The summed E-state index contributed by atoms with van der Waals surface area (Å²) in [5.74, 6) is 0.198. The molecule has 0 aliphatic heterocycles. The van der Waals surface area contributed by atoms with Crippen LogP contribution in [0.2, 0.25) is 0 Å². The first-order valence-electron chi connectivity index (χ1n) is 4.78. The predicted molar refractivity (Wildman–Crippen MR) is 59.5 cm³/mol. The minimum Gasteiger partial charge on any atom is -0.427 e. The zero-order valence-corrected chi connectivity index (χ0v) is 8.77. The summed E-state index contributed by atoms with van der Waals surface area (Å²) in [7, 11) is 0. The molecule has 0 saturated heterocycles. The number of ether oxygens (including phenoxy) is 1. The van der Waals surface area contributed by atoms with Crippen LogP contribution in [0.15, 0.2) is 36.9 Å². The van der Waals surface area contributed by atoms with Crippen LogP contribution in [0.25, 0.3) is 0 Å². The maximum absolute atomic E-state index is 10.8. The molecule has 0 unspecified atom stereocenters. The minimum atomic E-state index is -0.329. The average molecular weight is 205 g/mol. The molecule has 2 N–H and O–H groups in total. The molecule has 15 heavy (non-hydrogen) atoms. The van der Waals surface area contributed by atoms with Gasteiger partial charge in [0.2, 0.25) is 0 Å². The molecule has 0 amide bonds. The zero-order valence-electron chi connectivity index (χ0n) is 8.77. The van der Waals surface area contributed by atoms with Crippen LogP contribution in [0.1, 0.15) is 24.9 Å². The minimum absolute atomic E-state index is 0.0991. The highest BCUT2D eigenvalue weighted by Crippen LogP contribution is 2.20. The summed E-state index contributed by atoms with van der Waals surface area (Å²) in [6.07, 6.45) is 2.46. The number of carbonyl (C=O) groups is 1. The van der Waals surface area contributed by atoms with Gasteiger partial charge < -0.3 is 10.5 Å². The molecule has 0 heterocycles. The summed E-state index contributed by atoms with van der Waals surface area (Å²) in [6, 6.07) is 7.12. The quantitative estimate of drug-likeness (QED) is 0.465. The monoisotopic (exact) mass is 205 g/mol. The Morgan fingerprint density at radius 3 is 3.00 bits per heavy atom. The average Bonchev–Trinajstić information content (AvgIpc) is 2.17. The smallest absolute Gasteiger partial charge is 0.308 e. The molecule has 0 saturated carbocycles. The Kier molecular flexibility index (Phi) is 4.06. The standard InChI is InChI=1S/C12H15NO2/c1-3-5-12(13)10-6-4-7-11(8-10)15-9(2)14/h3-4,6-8,12H,1,5,13H2,2H3/t12-/m1/s1. The van der Waals surface area contributed by atoms with Crippen molar-refractivity contribution in [2.24, 2.45) is 5.73 Å². The molecule has 0 radical (unpaired) electrons. The van der Waals surface area contributed by atoms with Crippen LogP contribution in [0.3, 0.4) is 0 Å². The Bertz CT molecular complexity index is 360. The van der Waals surface area contributed by atoms with E-state index in [9.17, 15) is 4.79 Å². The molecule has 0 aliphatic carbocycles. The van der Waals surface area contributed by atoms with Gasteiger partial charge in [-0.1, -0.05) is 18.2 Å². The largest absolute Gasteiger partial charge is 0.427 e. The Labute approximate surface area is 89.5 Å². The Hall–Kier alpha value is -1.61. The second-order valence-electron chi connectivity index (χ2n) is 3.30. The lowest BCUT2D eigenvalue weighted by Gasteiger charge is -2.10. The maximum atomic E-state index is 10.8. The summed E-state index contributed by atoms with van der Waals surface area (Å²) in [5.41, 5.74) is 6.83. The lowest BCUT2D eigenvalue weighted by atomic mass is 10.0. The third-order valence-electron chi connectivity index (χ3n) is 1.97. The van der Waals surface area contributed by atoms with E-state index in [2.05, 4.69) is 6.58 Å². The molecular weight excluding hydrogens is 190 g/mol. The summed E-state index contributed by atoms with van der Waals surface area (Å²) in [5, 5.41) is 0. The molecule has 0 fully saturated rings. The molecule has 1 aromatic carbocycles. The van der Waals surface area contributed by atoms with Crippen molar-refractivity contribution in [2.75, 3.05) is 0 Å². The van der Waals surface area contributed by atoms with Crippen molar-refractivity contribution in [3.8, 4) is 5.75 Å². The number of hydrogen-bond acceptors (Lipinski definition) is 3. The van der Waals surface area contributed by atoms with Crippen molar-refractivity contribution in [1.29, 1.82) is 0 Å². The topological polar surface area (TPSA) is 52.3 Å². The molecule has 1 rings (SSSR count). The molecule has 3 nitrogen and oxygen atoms in total. The van der Waals surface area contributed by atoms with Gasteiger partial charge in [-0.05, 0) is 24.1 Å². The van der Waals surface area contributed by atoms with Crippen molar-refractivity contribution < 1.29 is 9.53 Å². The fourth-order valence-electron chi connectivity index (χ4n) is 1.29. The molecule has 80 valence electrons. The number of nitrogens with two attached hydrogens (primary N) is 1. The Balaban J connectivity index is 2.81. The van der Waals surface area contributed by atoms with Crippen LogP contribution >= 0.6 is 0 Å². The van der Waals surface area contributed by atoms with Gasteiger partial charge in [-0.3, -0.25) is 4.79 Å². The third kappa shape index (κ3) is 3.56. The van der Waals surface area contributed by atoms with Crippen molar-refractivity contribution in [1.82, 2.24) is 0 Å². The Morgan fingerprint density at radius 2 is 2.40 bits per heavy atom. The van der Waals surface area contributed by atoms with Gasteiger partial charge in [0.15, 0.2) is 0 Å². The van der Waals surface area contributed by atoms with E-state index in [-0.39, 0.29) is 12.0 Å². The normalized spacial score (nSPS) is 11.9. The molecule has 0 aliphatic rings. The van der Waals surface area contributed by atoms with Gasteiger partial charge in [0.1, 0.15) is 5.75 Å². The number of hydrogen-bond donors (Lipinski definition) is 1. The van der Waals surface area contributed by atoms with Crippen molar-refractivity contribution in [3.63, 3.8) is 0 Å². The molecular formula is C12H15NO2. The molecule has 0 spiro atoms. The van der Waals surface area contributed by atoms with Crippen LogP contribution in [0, 0.1) is 0 Å². The van der Waals surface area contributed by atoms with Gasteiger partial charge in [0.05, 0.1) is 0 Å². The van der Waals surface area contributed by atoms with Crippen LogP contribution in [0.5, 0.6) is 5.75 Å². The van der Waals surface area contributed by atoms with Crippen LogP contribution in [-0.2, 0) is 4.79 Å². The first-order valence-corrected chi connectivity index (χ1v) is 4.78. The van der Waals surface area contributed by atoms with E-state index >= 15 is 0 Å². The highest BCUT2D eigenvalue weighted by molar-refractivity contribution is 5.69. The zero-order chi connectivity index (χ0) is 11.3. The van der Waals surface area contributed by atoms with E-state index in [4.69, 9.17) is 10.5 Å². The van der Waals surface area contributed by atoms with E-state index in [1.165, 1.54) is 6.92 Å². The van der Waals surface area contributed by atoms with Crippen LogP contribution < -0.4 is 10.5 Å². The summed E-state index contributed by atoms with van der Waals surface area (Å²) in [4.78, 5) is 10.8. The molecule has 0 aromatic heterocycles. The van der Waals surface area contributed by atoms with E-state index in [0.29, 0.717) is 12.2 Å². The fraction of sp³-hybridized carbons (Fsp3) is 0.250. The number of esters is 1. The summed E-state index contributed by atoms with van der Waals surface area (Å²) >= 11 is 0. The van der Waals surface area contributed by atoms with Crippen molar-refractivity contribution >= 4 is 5.97 Å². The summed E-state index contributed by atoms with van der Waals surface area (Å²) in [6.45, 7) is 5.00. The maximum Gasteiger partial charge on any atom is 0.308 e.